The summed E-state index contributed by atoms with van der Waals surface area (Å²) in [5, 5.41) is 0. The molecule has 0 aliphatic carbocycles. The Balaban J connectivity index is 0.000000671. The van der Waals surface area contributed by atoms with Gasteiger partial charge in [-0.25, -0.2) is 8.78 Å². The highest BCUT2D eigenvalue weighted by Crippen LogP contribution is 2.17. The third-order valence-corrected chi connectivity index (χ3v) is 1.59. The molecule has 1 N–H and O–H groups in total. The molecule has 74 valence electrons. The summed E-state index contributed by atoms with van der Waals surface area (Å²) in [6, 6.07) is 1.10. The largest absolute Gasteiger partial charge is 0.328 e. The van der Waals surface area contributed by atoms with Crippen LogP contribution in [0.5, 0.6) is 0 Å². The van der Waals surface area contributed by atoms with Gasteiger partial charge in [0.1, 0.15) is 0 Å². The molecule has 2 nitrogen and oxygen atoms in total. The van der Waals surface area contributed by atoms with Crippen molar-refractivity contribution in [1.29, 1.82) is 0 Å². The number of pyridine rings is 1. The summed E-state index contributed by atoms with van der Waals surface area (Å²) in [5.41, 5.74) is -1.26. The molecule has 0 saturated heterocycles. The Bertz CT molecular complexity index is 311. The van der Waals surface area contributed by atoms with E-state index in [0.717, 1.165) is 6.07 Å². The molecule has 0 bridgehead atoms. The van der Waals surface area contributed by atoms with Crippen molar-refractivity contribution in [1.82, 2.24) is 4.98 Å². The van der Waals surface area contributed by atoms with Gasteiger partial charge in [-0.05, 0) is 22.0 Å². The van der Waals surface area contributed by atoms with Gasteiger partial charge in [0.2, 0.25) is 0 Å². The number of rotatable bonds is 1. The summed E-state index contributed by atoms with van der Waals surface area (Å²) in [6.45, 7) is 4.00. The molecule has 0 saturated carbocycles. The van der Waals surface area contributed by atoms with Crippen molar-refractivity contribution in [2.45, 2.75) is 20.3 Å². The highest BCUT2D eigenvalue weighted by molar-refractivity contribution is 9.10. The maximum absolute atomic E-state index is 12.0. The summed E-state index contributed by atoms with van der Waals surface area (Å²) in [5.74, 6) is 0. The van der Waals surface area contributed by atoms with Crippen molar-refractivity contribution < 1.29 is 8.78 Å². The van der Waals surface area contributed by atoms with Gasteiger partial charge in [0.25, 0.3) is 12.0 Å². The van der Waals surface area contributed by atoms with Crippen LogP contribution < -0.4 is 5.56 Å². The van der Waals surface area contributed by atoms with E-state index < -0.39 is 17.5 Å². The van der Waals surface area contributed by atoms with Crippen molar-refractivity contribution in [3.05, 3.63) is 32.7 Å². The molecule has 1 heterocycles. The van der Waals surface area contributed by atoms with E-state index in [-0.39, 0.29) is 0 Å². The lowest BCUT2D eigenvalue weighted by molar-refractivity contribution is 0.149. The lowest BCUT2D eigenvalue weighted by Gasteiger charge is -1.96. The van der Waals surface area contributed by atoms with Crippen LogP contribution in [0.15, 0.2) is 21.5 Å². The second-order valence-electron chi connectivity index (χ2n) is 1.90. The van der Waals surface area contributed by atoms with Gasteiger partial charge in [0, 0.05) is 10.7 Å². The van der Waals surface area contributed by atoms with Crippen LogP contribution in [0.2, 0.25) is 0 Å². The van der Waals surface area contributed by atoms with E-state index in [4.69, 9.17) is 0 Å². The number of nitrogens with one attached hydrogen (secondary N) is 1. The second-order valence-corrected chi connectivity index (χ2v) is 2.82. The predicted molar refractivity (Wildman–Crippen MR) is 51.1 cm³/mol. The first-order valence-corrected chi connectivity index (χ1v) is 4.57. The van der Waals surface area contributed by atoms with Crippen molar-refractivity contribution in [3.63, 3.8) is 0 Å². The van der Waals surface area contributed by atoms with Gasteiger partial charge >= 0.3 is 0 Å². The average molecular weight is 254 g/mol. The van der Waals surface area contributed by atoms with Gasteiger partial charge in [0.15, 0.2) is 0 Å². The number of hydrogen-bond donors (Lipinski definition) is 1. The van der Waals surface area contributed by atoms with Crippen LogP contribution in [0.3, 0.4) is 0 Å². The third kappa shape index (κ3) is 3.67. The molecule has 0 unspecified atom stereocenters. The Morgan fingerprint density at radius 3 is 2.38 bits per heavy atom. The van der Waals surface area contributed by atoms with Crippen LogP contribution in [0.1, 0.15) is 25.8 Å². The smallest absolute Gasteiger partial charge is 0.269 e. The first-order chi connectivity index (χ1) is 6.11. The van der Waals surface area contributed by atoms with Crippen LogP contribution >= 0.6 is 15.9 Å². The average Bonchev–Trinajstić information content (AvgIpc) is 2.12. The minimum atomic E-state index is -2.73. The number of aromatic nitrogens is 1. The lowest BCUT2D eigenvalue weighted by atomic mass is 10.3. The topological polar surface area (TPSA) is 32.9 Å². The minimum Gasteiger partial charge on any atom is -0.328 e. The van der Waals surface area contributed by atoms with E-state index in [1.807, 2.05) is 13.8 Å². The fraction of sp³-hybridized carbons (Fsp3) is 0.375. The Morgan fingerprint density at radius 1 is 1.46 bits per heavy atom. The Labute approximate surface area is 83.1 Å². The molecule has 0 atom stereocenters. The molecule has 0 spiro atoms. The molecular formula is C8H10BrF2NO. The van der Waals surface area contributed by atoms with Crippen LogP contribution in [0.25, 0.3) is 0 Å². The maximum Gasteiger partial charge on any atom is 0.269 e. The van der Waals surface area contributed by atoms with Crippen LogP contribution in [-0.2, 0) is 0 Å². The molecule has 13 heavy (non-hydrogen) atoms. The first kappa shape index (κ1) is 12.3. The summed E-state index contributed by atoms with van der Waals surface area (Å²) in [6.07, 6.45) is -1.41. The highest BCUT2D eigenvalue weighted by Gasteiger charge is 2.11. The zero-order valence-corrected chi connectivity index (χ0v) is 8.86. The number of alkyl halides is 2. The molecule has 0 radical (unpaired) electrons. The molecule has 0 aromatic carbocycles. The highest BCUT2D eigenvalue weighted by atomic mass is 79.9. The van der Waals surface area contributed by atoms with E-state index >= 15 is 0 Å². The zero-order chi connectivity index (χ0) is 10.4. The van der Waals surface area contributed by atoms with Gasteiger partial charge in [-0.3, -0.25) is 4.79 Å². The summed E-state index contributed by atoms with van der Waals surface area (Å²) in [7, 11) is 0. The summed E-state index contributed by atoms with van der Waals surface area (Å²) in [4.78, 5) is 12.8. The van der Waals surface area contributed by atoms with Crippen LogP contribution in [0.4, 0.5) is 8.78 Å². The van der Waals surface area contributed by atoms with Gasteiger partial charge in [-0.1, -0.05) is 13.8 Å². The monoisotopic (exact) mass is 253 g/mol. The van der Waals surface area contributed by atoms with E-state index in [1.54, 1.807) is 0 Å². The molecule has 5 heteroatoms. The van der Waals surface area contributed by atoms with E-state index in [9.17, 15) is 13.6 Å². The first-order valence-electron chi connectivity index (χ1n) is 3.77. The maximum atomic E-state index is 12.0. The molecule has 0 amide bonds. The summed E-state index contributed by atoms with van der Waals surface area (Å²) < 4.78 is 24.4. The van der Waals surface area contributed by atoms with Crippen molar-refractivity contribution in [3.8, 4) is 0 Å². The van der Waals surface area contributed by atoms with Crippen molar-refractivity contribution in [2.75, 3.05) is 0 Å². The predicted octanol–water partition coefficient (Wildman–Crippen LogP) is 3.10. The number of halogens is 3. The number of aromatic amines is 1. The molecule has 0 aliphatic heterocycles. The van der Waals surface area contributed by atoms with E-state index in [2.05, 4.69) is 20.9 Å². The quantitative estimate of drug-likeness (QED) is 0.820. The fourth-order valence-corrected chi connectivity index (χ4v) is 0.997. The molecule has 0 aliphatic rings. The van der Waals surface area contributed by atoms with E-state index in [0.29, 0.717) is 4.47 Å². The standard InChI is InChI=1S/C6H4BrF2NO.C2H6/c7-3-1-4(5(8)9)6(11)10-2-3;1-2/h1-2,5H,(H,10,11);1-2H3. The SMILES string of the molecule is CC.O=c1[nH]cc(Br)cc1C(F)F. The Morgan fingerprint density at radius 2 is 2.00 bits per heavy atom. The third-order valence-electron chi connectivity index (χ3n) is 1.13. The Kier molecular flexibility index (Phi) is 5.53. The van der Waals surface area contributed by atoms with Crippen molar-refractivity contribution in [2.24, 2.45) is 0 Å². The van der Waals surface area contributed by atoms with Crippen LogP contribution in [0, 0.1) is 0 Å². The van der Waals surface area contributed by atoms with Gasteiger partial charge < -0.3 is 4.98 Å². The zero-order valence-electron chi connectivity index (χ0n) is 7.27. The summed E-state index contributed by atoms with van der Waals surface area (Å²) >= 11 is 2.96. The normalized spacial score (nSPS) is 9.38. The molecule has 0 fully saturated rings. The molecule has 1 rings (SSSR count). The minimum absolute atomic E-state index is 0.437. The Hall–Kier alpha value is -0.710. The van der Waals surface area contributed by atoms with Gasteiger partial charge in [-0.2, -0.15) is 0 Å². The van der Waals surface area contributed by atoms with Crippen LogP contribution in [-0.4, -0.2) is 4.98 Å². The molecular weight excluding hydrogens is 244 g/mol. The fourth-order valence-electron chi connectivity index (χ4n) is 0.636. The second kappa shape index (κ2) is 5.85. The number of hydrogen-bond acceptors (Lipinski definition) is 1. The van der Waals surface area contributed by atoms with Gasteiger partial charge in [-0.15, -0.1) is 0 Å². The van der Waals surface area contributed by atoms with Crippen molar-refractivity contribution >= 4 is 15.9 Å². The van der Waals surface area contributed by atoms with Gasteiger partial charge in [0.05, 0.1) is 5.56 Å². The van der Waals surface area contributed by atoms with E-state index in [1.165, 1.54) is 6.20 Å². The lowest BCUT2D eigenvalue weighted by Crippen LogP contribution is -2.11. The molecule has 1 aromatic heterocycles. The number of H-pyrrole nitrogens is 1. The molecule has 1 aromatic rings.